The largest absolute Gasteiger partial charge is 0.459 e. The Bertz CT molecular complexity index is 1110. The van der Waals surface area contributed by atoms with Crippen LogP contribution in [0.3, 0.4) is 0 Å². The van der Waals surface area contributed by atoms with Crippen LogP contribution in [0.25, 0.3) is 0 Å². The summed E-state index contributed by atoms with van der Waals surface area (Å²) in [6.07, 6.45) is 3.39. The third kappa shape index (κ3) is 5.12. The minimum absolute atomic E-state index is 0.0246. The molecule has 0 aromatic rings. The molecule has 0 N–H and O–H groups in total. The van der Waals surface area contributed by atoms with E-state index in [9.17, 15) is 4.79 Å². The fraction of sp³-hybridized carbons (Fsp3) is 0.848. The van der Waals surface area contributed by atoms with Gasteiger partial charge in [0.05, 0.1) is 32.0 Å². The number of carbonyl (C=O) groups excluding carboxylic acids is 1. The van der Waals surface area contributed by atoms with Crippen molar-refractivity contribution < 1.29 is 42.4 Å². The van der Waals surface area contributed by atoms with Gasteiger partial charge in [0.15, 0.2) is 14.1 Å². The second-order valence-electron chi connectivity index (χ2n) is 15.0. The average molecular weight is 623 g/mol. The molecule has 43 heavy (non-hydrogen) atoms. The van der Waals surface area contributed by atoms with Crippen molar-refractivity contribution in [3.05, 3.63) is 23.8 Å². The van der Waals surface area contributed by atoms with Gasteiger partial charge in [-0.15, -0.1) is 6.58 Å². The smallest absolute Gasteiger partial charge is 0.303 e. The van der Waals surface area contributed by atoms with Gasteiger partial charge in [0.25, 0.3) is 6.48 Å². The van der Waals surface area contributed by atoms with E-state index in [1.165, 1.54) is 12.5 Å². The molecule has 3 aliphatic carbocycles. The summed E-state index contributed by atoms with van der Waals surface area (Å²) in [4.78, 5) is 12.7. The third-order valence-electron chi connectivity index (χ3n) is 11.8. The maximum atomic E-state index is 12.7. The van der Waals surface area contributed by atoms with E-state index in [0.717, 1.165) is 24.8 Å². The molecule has 0 aromatic carbocycles. The van der Waals surface area contributed by atoms with Crippen LogP contribution in [0.4, 0.5) is 0 Å². The van der Waals surface area contributed by atoms with E-state index >= 15 is 0 Å². The molecular formula is C33H54O9Si. The summed E-state index contributed by atoms with van der Waals surface area (Å²) < 4.78 is 51.3. The van der Waals surface area contributed by atoms with Gasteiger partial charge >= 0.3 is 5.97 Å². The molecule has 9 atom stereocenters. The molecule has 2 saturated heterocycles. The zero-order chi connectivity index (χ0) is 31.6. The molecule has 0 aromatic heterocycles. The minimum Gasteiger partial charge on any atom is -0.459 e. The van der Waals surface area contributed by atoms with Crippen molar-refractivity contribution in [3.63, 3.8) is 0 Å². The van der Waals surface area contributed by atoms with Crippen molar-refractivity contribution >= 4 is 14.3 Å². The first-order chi connectivity index (χ1) is 20.1. The van der Waals surface area contributed by atoms with Crippen LogP contribution in [0.15, 0.2) is 23.8 Å². The lowest BCUT2D eigenvalue weighted by Gasteiger charge is -2.60. The van der Waals surface area contributed by atoms with Crippen LogP contribution >= 0.6 is 0 Å². The zero-order valence-electron chi connectivity index (χ0n) is 27.9. The number of hydrogen-bond acceptors (Lipinski definition) is 9. The number of ether oxygens (including phenoxy) is 7. The van der Waals surface area contributed by atoms with Crippen molar-refractivity contribution in [2.45, 2.75) is 122 Å². The monoisotopic (exact) mass is 622 g/mol. The predicted octanol–water partition coefficient (Wildman–Crippen LogP) is 5.74. The molecule has 0 radical (unpaired) electrons. The van der Waals surface area contributed by atoms with Gasteiger partial charge in [-0.25, -0.2) is 0 Å². The fourth-order valence-corrected chi connectivity index (χ4v) is 9.99. The molecule has 5 aliphatic rings. The first kappa shape index (κ1) is 33.3. The average Bonchev–Trinajstić information content (AvgIpc) is 3.63. The zero-order valence-corrected chi connectivity index (χ0v) is 28.9. The molecule has 0 bridgehead atoms. The molecule has 9 nitrogen and oxygen atoms in total. The number of carbonyl (C=O) groups is 1. The highest BCUT2D eigenvalue weighted by molar-refractivity contribution is 6.74. The summed E-state index contributed by atoms with van der Waals surface area (Å²) in [6.45, 7) is 22.1. The Labute approximate surface area is 259 Å². The van der Waals surface area contributed by atoms with Crippen LogP contribution < -0.4 is 0 Å². The van der Waals surface area contributed by atoms with Crippen LogP contribution in [0, 0.1) is 22.7 Å². The summed E-state index contributed by atoms with van der Waals surface area (Å²) in [5.41, 5.74) is 1.26. The van der Waals surface area contributed by atoms with E-state index in [1.54, 1.807) is 14.2 Å². The number of rotatable bonds is 9. The number of allylic oxidation sites excluding steroid dienone is 1. The van der Waals surface area contributed by atoms with Crippen LogP contribution in [0.1, 0.15) is 67.2 Å². The normalized spacial score (nSPS) is 39.4. The Morgan fingerprint density at radius 3 is 2.40 bits per heavy atom. The highest BCUT2D eigenvalue weighted by atomic mass is 28.4. The lowest BCUT2D eigenvalue weighted by molar-refractivity contribution is -0.234. The van der Waals surface area contributed by atoms with Gasteiger partial charge in [-0.2, -0.15) is 0 Å². The lowest BCUT2D eigenvalue weighted by Crippen LogP contribution is -2.63. The van der Waals surface area contributed by atoms with Crippen LogP contribution in [-0.4, -0.2) is 85.0 Å². The molecular weight excluding hydrogens is 568 g/mol. The van der Waals surface area contributed by atoms with E-state index < -0.39 is 32.1 Å². The quantitative estimate of drug-likeness (QED) is 0.181. The predicted molar refractivity (Wildman–Crippen MR) is 164 cm³/mol. The lowest BCUT2D eigenvalue weighted by atomic mass is 9.50. The van der Waals surface area contributed by atoms with Gasteiger partial charge in [-0.05, 0) is 54.5 Å². The molecule has 244 valence electrons. The summed E-state index contributed by atoms with van der Waals surface area (Å²) in [5.74, 6) is -1.08. The molecule has 1 saturated carbocycles. The van der Waals surface area contributed by atoms with Gasteiger partial charge < -0.3 is 37.6 Å². The Morgan fingerprint density at radius 2 is 1.84 bits per heavy atom. The Kier molecular flexibility index (Phi) is 8.97. The van der Waals surface area contributed by atoms with Crippen molar-refractivity contribution in [2.75, 3.05) is 34.0 Å². The van der Waals surface area contributed by atoms with E-state index in [-0.39, 0.29) is 53.2 Å². The maximum absolute atomic E-state index is 12.7. The third-order valence-corrected chi connectivity index (χ3v) is 16.3. The molecule has 5 rings (SSSR count). The Balaban J connectivity index is 1.80. The first-order valence-electron chi connectivity index (χ1n) is 15.9. The molecule has 10 heteroatoms. The highest BCUT2D eigenvalue weighted by Gasteiger charge is 2.71. The van der Waals surface area contributed by atoms with Crippen molar-refractivity contribution in [1.29, 1.82) is 0 Å². The number of fused-ring (bicyclic) bond motifs is 5. The molecule has 3 unspecified atom stereocenters. The Morgan fingerprint density at radius 1 is 1.16 bits per heavy atom. The van der Waals surface area contributed by atoms with E-state index in [1.807, 2.05) is 6.08 Å². The minimum atomic E-state index is -2.31. The van der Waals surface area contributed by atoms with E-state index in [0.29, 0.717) is 19.6 Å². The molecule has 3 fully saturated rings. The van der Waals surface area contributed by atoms with Crippen LogP contribution in [0.2, 0.25) is 18.1 Å². The maximum Gasteiger partial charge on any atom is 0.303 e. The summed E-state index contributed by atoms with van der Waals surface area (Å²) in [7, 11) is 0.941. The van der Waals surface area contributed by atoms with Gasteiger partial charge in [-0.1, -0.05) is 40.7 Å². The van der Waals surface area contributed by atoms with Crippen molar-refractivity contribution in [1.82, 2.24) is 0 Å². The summed E-state index contributed by atoms with van der Waals surface area (Å²) in [5, 5.41) is -0.0246. The Hall–Kier alpha value is -1.11. The van der Waals surface area contributed by atoms with Gasteiger partial charge in [-0.3, -0.25) is 4.79 Å². The first-order valence-corrected chi connectivity index (χ1v) is 18.8. The standard InChI is InChI=1S/C33H54O9Si/c1-12-13-22-27-28(41-29(36-9)40-27)25-21-14-15-33(37-16-17-38-33)31(21,6)18-23(42-43(10,11)30(3,4)5)26(25)32(22,7)24(19-35-8)39-20(2)34/h12,21-24,27-29H,1,13-19H2,2-11H3/t21-,22+,23+,24+,27?,28?,29?,31-,32+/m0/s1. The number of methoxy groups -OCH3 is 2. The molecule has 2 heterocycles. The van der Waals surface area contributed by atoms with Gasteiger partial charge in [0, 0.05) is 44.3 Å². The van der Waals surface area contributed by atoms with Gasteiger partial charge in [0.2, 0.25) is 0 Å². The van der Waals surface area contributed by atoms with Crippen molar-refractivity contribution in [2.24, 2.45) is 22.7 Å². The molecule has 2 aliphatic heterocycles. The molecule has 0 amide bonds. The number of esters is 1. The fourth-order valence-electron chi connectivity index (χ4n) is 8.72. The van der Waals surface area contributed by atoms with Crippen LogP contribution in [0.5, 0.6) is 0 Å². The van der Waals surface area contributed by atoms with Gasteiger partial charge in [0.1, 0.15) is 12.2 Å². The van der Waals surface area contributed by atoms with Crippen molar-refractivity contribution in [3.8, 4) is 0 Å². The van der Waals surface area contributed by atoms with E-state index in [2.05, 4.69) is 54.3 Å². The number of hydrogen-bond donors (Lipinski definition) is 0. The summed E-state index contributed by atoms with van der Waals surface area (Å²) in [6, 6.07) is 0. The topological polar surface area (TPSA) is 90.9 Å². The SMILES string of the molecule is C=CC[C@@H]1C2OC(OC)OC2C2=C([C@H](O[Si](C)(C)C(C)(C)C)C[C@@]3(C)[C@H]2CCC32OCCO2)[C@@]1(C)[C@@H](COC)OC(C)=O. The summed E-state index contributed by atoms with van der Waals surface area (Å²) >= 11 is 0. The molecule has 1 spiro atoms. The van der Waals surface area contributed by atoms with E-state index in [4.69, 9.17) is 37.6 Å². The second kappa shape index (κ2) is 11.6. The highest BCUT2D eigenvalue weighted by Crippen LogP contribution is 2.68. The second-order valence-corrected chi connectivity index (χ2v) is 19.8. The van der Waals surface area contributed by atoms with Crippen LogP contribution in [-0.2, 0) is 42.4 Å².